The topological polar surface area (TPSA) is 132 Å². The first-order valence-corrected chi connectivity index (χ1v) is 14.2. The molecule has 204 valence electrons. The zero-order valence-corrected chi connectivity index (χ0v) is 23.1. The fraction of sp³-hybridized carbons (Fsp3) is 0.345. The van der Waals surface area contributed by atoms with Gasteiger partial charge in [-0.2, -0.15) is 0 Å². The molecule has 4 aromatic heterocycles. The molecule has 7 rings (SSSR count). The summed E-state index contributed by atoms with van der Waals surface area (Å²) >= 11 is 1.71. The van der Waals surface area contributed by atoms with Crippen LogP contribution in [0.4, 0.5) is 5.82 Å². The minimum atomic E-state index is -0.865. The van der Waals surface area contributed by atoms with Crippen molar-refractivity contribution in [2.75, 3.05) is 12.3 Å². The van der Waals surface area contributed by atoms with Crippen LogP contribution in [0.15, 0.2) is 41.9 Å². The van der Waals surface area contributed by atoms with Gasteiger partial charge in [0.2, 0.25) is 0 Å². The largest absolute Gasteiger partial charge is 0.484 e. The Bertz CT molecular complexity index is 1790. The Kier molecular flexibility index (Phi) is 5.76. The second-order valence-corrected chi connectivity index (χ2v) is 11.9. The van der Waals surface area contributed by atoms with Crippen molar-refractivity contribution in [2.45, 2.75) is 50.8 Å². The van der Waals surface area contributed by atoms with Gasteiger partial charge >= 0.3 is 5.97 Å². The molecule has 1 unspecified atom stereocenters. The molecule has 3 N–H and O–H groups in total. The molecule has 1 aliphatic carbocycles. The van der Waals surface area contributed by atoms with Crippen molar-refractivity contribution in [3.8, 4) is 5.75 Å². The van der Waals surface area contributed by atoms with Crippen LogP contribution >= 0.6 is 11.3 Å². The summed E-state index contributed by atoms with van der Waals surface area (Å²) in [5, 5.41) is 21.5. The predicted molar refractivity (Wildman–Crippen MR) is 152 cm³/mol. The van der Waals surface area contributed by atoms with Gasteiger partial charge in [0.15, 0.2) is 5.65 Å². The summed E-state index contributed by atoms with van der Waals surface area (Å²) in [7, 11) is 1.80. The van der Waals surface area contributed by atoms with Crippen LogP contribution in [0, 0.1) is 6.92 Å². The van der Waals surface area contributed by atoms with Gasteiger partial charge in [0.25, 0.3) is 0 Å². The van der Waals surface area contributed by atoms with E-state index in [9.17, 15) is 9.90 Å². The molecule has 1 aromatic carbocycles. The number of nitrogens with two attached hydrogens (primary N) is 1. The van der Waals surface area contributed by atoms with E-state index in [0.29, 0.717) is 30.1 Å². The maximum Gasteiger partial charge on any atom is 0.304 e. The minimum absolute atomic E-state index is 0.0550. The zero-order chi connectivity index (χ0) is 27.6. The Morgan fingerprint density at radius 2 is 2.12 bits per heavy atom. The molecule has 1 fully saturated rings. The summed E-state index contributed by atoms with van der Waals surface area (Å²) < 4.78 is 9.25. The maximum absolute atomic E-state index is 12.1. The number of ether oxygens (including phenoxy) is 1. The number of carboxylic acids is 1. The molecular weight excluding hydrogens is 526 g/mol. The Balaban J connectivity index is 1.30. The highest BCUT2D eigenvalue weighted by Crippen LogP contribution is 2.45. The second kappa shape index (κ2) is 9.24. The number of hydrogen-bond acceptors (Lipinski definition) is 9. The van der Waals surface area contributed by atoms with E-state index in [4.69, 9.17) is 10.5 Å². The number of rotatable bonds is 6. The van der Waals surface area contributed by atoms with Gasteiger partial charge in [0.1, 0.15) is 22.7 Å². The lowest BCUT2D eigenvalue weighted by molar-refractivity contribution is -0.137. The molecule has 1 saturated carbocycles. The van der Waals surface area contributed by atoms with Crippen LogP contribution in [0.1, 0.15) is 53.1 Å². The van der Waals surface area contributed by atoms with Crippen LogP contribution in [0.2, 0.25) is 0 Å². The fourth-order valence-electron chi connectivity index (χ4n) is 5.94. The fourth-order valence-corrected chi connectivity index (χ4v) is 6.83. The standard InChI is InChI=1S/C29H29N7O3S/c1-16-21(12-31-28-26(16)33-34-35(28)2)20(11-25(37)38)18-9-17-5-8-40-27(17)19(10-18)13-36-14-22-23(3-4-24(30)32-22)39-29(15-36)6-7-29/h3-5,8-10,12,20H,6-7,11,13-15H2,1-2H3,(H2,30,32)(H,37,38). The first-order valence-electron chi connectivity index (χ1n) is 13.3. The van der Waals surface area contributed by atoms with E-state index in [0.717, 1.165) is 58.5 Å². The molecule has 1 aliphatic heterocycles. The average molecular weight is 556 g/mol. The van der Waals surface area contributed by atoms with Crippen molar-refractivity contribution in [2.24, 2.45) is 7.05 Å². The van der Waals surface area contributed by atoms with Crippen molar-refractivity contribution in [3.63, 3.8) is 0 Å². The summed E-state index contributed by atoms with van der Waals surface area (Å²) in [6, 6.07) is 10.1. The molecule has 1 spiro atoms. The van der Waals surface area contributed by atoms with E-state index in [2.05, 4.69) is 48.8 Å². The van der Waals surface area contributed by atoms with E-state index in [1.165, 1.54) is 4.70 Å². The molecule has 0 radical (unpaired) electrons. The number of anilines is 1. The third kappa shape index (κ3) is 4.35. The van der Waals surface area contributed by atoms with Gasteiger partial charge in [-0.05, 0) is 77.1 Å². The average Bonchev–Trinajstić information content (AvgIpc) is 3.34. The number of thiophene rings is 1. The summed E-state index contributed by atoms with van der Waals surface area (Å²) in [6.45, 7) is 4.08. The Morgan fingerprint density at radius 3 is 2.92 bits per heavy atom. The van der Waals surface area contributed by atoms with Gasteiger partial charge in [-0.3, -0.25) is 9.69 Å². The summed E-state index contributed by atoms with van der Waals surface area (Å²) in [5.41, 5.74) is 11.9. The van der Waals surface area contributed by atoms with E-state index < -0.39 is 5.97 Å². The maximum atomic E-state index is 12.1. The van der Waals surface area contributed by atoms with Crippen LogP contribution in [0.3, 0.4) is 0 Å². The van der Waals surface area contributed by atoms with Gasteiger partial charge in [-0.25, -0.2) is 14.6 Å². The number of pyridine rings is 2. The van der Waals surface area contributed by atoms with Crippen molar-refractivity contribution in [1.82, 2.24) is 29.9 Å². The summed E-state index contributed by atoms with van der Waals surface area (Å²) in [5.74, 6) is 0.0467. The normalized spacial score (nSPS) is 17.1. The van der Waals surface area contributed by atoms with Gasteiger partial charge in [-0.15, -0.1) is 16.4 Å². The van der Waals surface area contributed by atoms with E-state index in [1.807, 2.05) is 13.0 Å². The highest BCUT2D eigenvalue weighted by molar-refractivity contribution is 7.17. The molecule has 0 saturated heterocycles. The third-order valence-electron chi connectivity index (χ3n) is 8.09. The third-order valence-corrected chi connectivity index (χ3v) is 9.09. The first-order chi connectivity index (χ1) is 19.3. The summed E-state index contributed by atoms with van der Waals surface area (Å²) in [6.07, 6.45) is 3.75. The highest BCUT2D eigenvalue weighted by Gasteiger charge is 2.48. The van der Waals surface area contributed by atoms with Crippen LogP contribution in [0.5, 0.6) is 5.75 Å². The van der Waals surface area contributed by atoms with Crippen molar-refractivity contribution < 1.29 is 14.6 Å². The van der Waals surface area contributed by atoms with Crippen LogP contribution in [-0.4, -0.2) is 53.1 Å². The van der Waals surface area contributed by atoms with E-state index in [1.54, 1.807) is 35.3 Å². The van der Waals surface area contributed by atoms with Crippen molar-refractivity contribution in [3.05, 3.63) is 69.9 Å². The minimum Gasteiger partial charge on any atom is -0.484 e. The molecule has 10 nitrogen and oxygen atoms in total. The molecule has 5 aromatic rings. The quantitative estimate of drug-likeness (QED) is 0.313. The van der Waals surface area contributed by atoms with Gasteiger partial charge in [0.05, 0.1) is 12.1 Å². The number of fused-ring (bicyclic) bond motifs is 3. The second-order valence-electron chi connectivity index (χ2n) is 11.0. The molecular formula is C29H29N7O3S. The zero-order valence-electron chi connectivity index (χ0n) is 22.3. The van der Waals surface area contributed by atoms with Gasteiger partial charge in [0, 0.05) is 43.5 Å². The van der Waals surface area contributed by atoms with Gasteiger partial charge in [-0.1, -0.05) is 11.3 Å². The van der Waals surface area contributed by atoms with Crippen LogP contribution < -0.4 is 10.5 Å². The summed E-state index contributed by atoms with van der Waals surface area (Å²) in [4.78, 5) is 23.7. The van der Waals surface area contributed by atoms with E-state index in [-0.39, 0.29) is 17.9 Å². The smallest absolute Gasteiger partial charge is 0.304 e. The van der Waals surface area contributed by atoms with Gasteiger partial charge < -0.3 is 15.6 Å². The first kappa shape index (κ1) is 24.9. The lowest BCUT2D eigenvalue weighted by atomic mass is 9.85. The van der Waals surface area contributed by atoms with Crippen molar-refractivity contribution >= 4 is 44.4 Å². The number of nitrogens with zero attached hydrogens (tertiary/aromatic N) is 6. The number of benzene rings is 1. The monoisotopic (exact) mass is 555 g/mol. The van der Waals surface area contributed by atoms with Crippen LogP contribution in [0.25, 0.3) is 21.3 Å². The number of hydrogen-bond donors (Lipinski definition) is 2. The lowest BCUT2D eigenvalue weighted by Gasteiger charge is -2.25. The molecule has 40 heavy (non-hydrogen) atoms. The number of nitrogen functional groups attached to an aromatic ring is 1. The lowest BCUT2D eigenvalue weighted by Crippen LogP contribution is -2.34. The molecule has 2 aliphatic rings. The Labute approximate surface area is 234 Å². The Morgan fingerprint density at radius 1 is 1.27 bits per heavy atom. The number of aryl methyl sites for hydroxylation is 2. The van der Waals surface area contributed by atoms with Crippen LogP contribution in [-0.2, 0) is 24.9 Å². The number of carboxylic acid groups (broad SMARTS) is 1. The molecule has 0 bridgehead atoms. The SMILES string of the molecule is Cc1c(C(CC(=O)O)c2cc(CN3Cc4nc(N)ccc4OC4(CC4)C3)c3sccc3c2)cnc2c1nnn2C. The Hall–Kier alpha value is -4.09. The molecule has 11 heteroatoms. The van der Waals surface area contributed by atoms with E-state index >= 15 is 0 Å². The number of carbonyl (C=O) groups is 1. The highest BCUT2D eigenvalue weighted by atomic mass is 32.1. The molecule has 1 atom stereocenters. The number of aliphatic carboxylic acids is 1. The molecule has 0 amide bonds. The van der Waals surface area contributed by atoms with Crippen molar-refractivity contribution in [1.29, 1.82) is 0 Å². The number of aromatic nitrogens is 5. The molecule has 5 heterocycles. The predicted octanol–water partition coefficient (Wildman–Crippen LogP) is 4.40.